The summed E-state index contributed by atoms with van der Waals surface area (Å²) in [5.74, 6) is -1.20. The number of carbonyl (C=O) groups excluding carboxylic acids is 4. The Kier molecular flexibility index (Phi) is 6.08. The van der Waals surface area contributed by atoms with Crippen molar-refractivity contribution in [3.8, 4) is 0 Å². The van der Waals surface area contributed by atoms with Gasteiger partial charge in [0.05, 0.1) is 24.2 Å². The van der Waals surface area contributed by atoms with Crippen molar-refractivity contribution in [1.29, 1.82) is 0 Å². The van der Waals surface area contributed by atoms with Crippen molar-refractivity contribution in [3.05, 3.63) is 35.4 Å². The number of benzene rings is 1. The first-order chi connectivity index (χ1) is 13.4. The average molecular weight is 387 g/mol. The van der Waals surface area contributed by atoms with E-state index >= 15 is 0 Å². The molecule has 28 heavy (non-hydrogen) atoms. The second-order valence-electron chi connectivity index (χ2n) is 7.11. The van der Waals surface area contributed by atoms with Gasteiger partial charge in [-0.1, -0.05) is 12.1 Å². The molecule has 4 amide bonds. The van der Waals surface area contributed by atoms with Crippen molar-refractivity contribution in [2.75, 3.05) is 26.8 Å². The Morgan fingerprint density at radius 1 is 1.14 bits per heavy atom. The van der Waals surface area contributed by atoms with Crippen molar-refractivity contribution in [2.24, 2.45) is 0 Å². The molecule has 0 spiro atoms. The van der Waals surface area contributed by atoms with E-state index in [1.54, 1.807) is 43.2 Å². The highest BCUT2D eigenvalue weighted by Gasteiger charge is 2.41. The Bertz CT molecular complexity index is 751. The fraction of sp³-hybridized carbons (Fsp3) is 0.500. The van der Waals surface area contributed by atoms with Crippen LogP contribution in [0.25, 0.3) is 0 Å². The third-order valence-corrected chi connectivity index (χ3v) is 5.31. The molecule has 2 aliphatic heterocycles. The molecule has 150 valence electrons. The fourth-order valence-electron chi connectivity index (χ4n) is 3.62. The summed E-state index contributed by atoms with van der Waals surface area (Å²) in [5.41, 5.74) is 0.657. The number of piperidine rings is 1. The largest absolute Gasteiger partial charge is 0.384 e. The first kappa shape index (κ1) is 20.0. The van der Waals surface area contributed by atoms with Gasteiger partial charge in [0.1, 0.15) is 6.04 Å². The summed E-state index contributed by atoms with van der Waals surface area (Å²) in [4.78, 5) is 52.5. The molecule has 8 heteroatoms. The predicted octanol–water partition coefficient (Wildman–Crippen LogP) is 0.815. The van der Waals surface area contributed by atoms with E-state index in [4.69, 9.17) is 4.74 Å². The van der Waals surface area contributed by atoms with E-state index in [1.807, 2.05) is 0 Å². The normalized spacial score (nSPS) is 18.2. The Hall–Kier alpha value is -2.74. The summed E-state index contributed by atoms with van der Waals surface area (Å²) in [6.07, 6.45) is 1.63. The maximum absolute atomic E-state index is 12.6. The lowest BCUT2D eigenvalue weighted by atomic mass is 10.0. The van der Waals surface area contributed by atoms with E-state index in [2.05, 4.69) is 5.32 Å². The standard InChI is InChI=1S/C20H25N3O5/c1-13(23-19(26)15-5-3-4-6-16(15)20(23)27)18(25)21-14-7-10-22(11-8-14)17(24)9-12-28-2/h3-6,13-14H,7-12H2,1-2H3,(H,21,25). The number of imide groups is 1. The van der Waals surface area contributed by atoms with Crippen LogP contribution >= 0.6 is 0 Å². The number of carbonyl (C=O) groups is 4. The Balaban J connectivity index is 1.54. The minimum absolute atomic E-state index is 0.0472. The summed E-state index contributed by atoms with van der Waals surface area (Å²) < 4.78 is 4.93. The van der Waals surface area contributed by atoms with Gasteiger partial charge in [-0.2, -0.15) is 0 Å². The molecule has 1 aromatic carbocycles. The summed E-state index contributed by atoms with van der Waals surface area (Å²) in [7, 11) is 1.56. The summed E-state index contributed by atoms with van der Waals surface area (Å²) in [6.45, 7) is 3.08. The number of hydrogen-bond donors (Lipinski definition) is 1. The molecule has 1 saturated heterocycles. The first-order valence-electron chi connectivity index (χ1n) is 9.48. The predicted molar refractivity (Wildman–Crippen MR) is 101 cm³/mol. The van der Waals surface area contributed by atoms with Gasteiger partial charge in [0.25, 0.3) is 11.8 Å². The molecule has 0 aromatic heterocycles. The number of hydrogen-bond acceptors (Lipinski definition) is 5. The van der Waals surface area contributed by atoms with E-state index in [-0.39, 0.29) is 17.9 Å². The van der Waals surface area contributed by atoms with Crippen molar-refractivity contribution >= 4 is 23.6 Å². The zero-order valence-corrected chi connectivity index (χ0v) is 16.1. The monoisotopic (exact) mass is 387 g/mol. The molecule has 1 N–H and O–H groups in total. The average Bonchev–Trinajstić information content (AvgIpc) is 2.96. The zero-order valence-electron chi connectivity index (χ0n) is 16.1. The molecule has 0 bridgehead atoms. The van der Waals surface area contributed by atoms with Crippen molar-refractivity contribution in [1.82, 2.24) is 15.1 Å². The van der Waals surface area contributed by atoms with Gasteiger partial charge in [-0.25, -0.2) is 0 Å². The number of nitrogens with zero attached hydrogens (tertiary/aromatic N) is 2. The molecule has 1 fully saturated rings. The van der Waals surface area contributed by atoms with Crippen LogP contribution in [0.2, 0.25) is 0 Å². The van der Waals surface area contributed by atoms with Gasteiger partial charge in [0, 0.05) is 26.2 Å². The van der Waals surface area contributed by atoms with Crippen LogP contribution in [-0.2, 0) is 14.3 Å². The van der Waals surface area contributed by atoms with Crippen molar-refractivity contribution < 1.29 is 23.9 Å². The molecule has 2 aliphatic rings. The number of methoxy groups -OCH3 is 1. The maximum Gasteiger partial charge on any atom is 0.262 e. The van der Waals surface area contributed by atoms with E-state index in [0.717, 1.165) is 4.90 Å². The van der Waals surface area contributed by atoms with Gasteiger partial charge in [-0.15, -0.1) is 0 Å². The van der Waals surface area contributed by atoms with Gasteiger partial charge in [0.15, 0.2) is 0 Å². The maximum atomic E-state index is 12.6. The van der Waals surface area contributed by atoms with E-state index in [1.165, 1.54) is 0 Å². The minimum Gasteiger partial charge on any atom is -0.384 e. The molecule has 1 aromatic rings. The topological polar surface area (TPSA) is 96.0 Å². The Morgan fingerprint density at radius 3 is 2.25 bits per heavy atom. The Labute approximate surface area is 163 Å². The smallest absolute Gasteiger partial charge is 0.262 e. The highest BCUT2D eigenvalue weighted by atomic mass is 16.5. The lowest BCUT2D eigenvalue weighted by Gasteiger charge is -2.33. The van der Waals surface area contributed by atoms with Crippen LogP contribution in [0.5, 0.6) is 0 Å². The van der Waals surface area contributed by atoms with Crippen LogP contribution in [0.15, 0.2) is 24.3 Å². The van der Waals surface area contributed by atoms with Crippen LogP contribution in [0, 0.1) is 0 Å². The molecule has 1 unspecified atom stereocenters. The van der Waals surface area contributed by atoms with Crippen molar-refractivity contribution in [3.63, 3.8) is 0 Å². The highest BCUT2D eigenvalue weighted by molar-refractivity contribution is 6.22. The molecular weight excluding hydrogens is 362 g/mol. The summed E-state index contributed by atoms with van der Waals surface area (Å²) >= 11 is 0. The molecule has 0 aliphatic carbocycles. The van der Waals surface area contributed by atoms with Gasteiger partial charge in [-0.3, -0.25) is 24.1 Å². The van der Waals surface area contributed by atoms with Crippen LogP contribution in [0.3, 0.4) is 0 Å². The lowest BCUT2D eigenvalue weighted by molar-refractivity contribution is -0.133. The minimum atomic E-state index is -0.895. The SMILES string of the molecule is COCCC(=O)N1CCC(NC(=O)C(C)N2C(=O)c3ccccc3C2=O)CC1. The van der Waals surface area contributed by atoms with Gasteiger partial charge >= 0.3 is 0 Å². The summed E-state index contributed by atoms with van der Waals surface area (Å²) in [5, 5.41) is 2.92. The van der Waals surface area contributed by atoms with Gasteiger partial charge < -0.3 is 15.0 Å². The summed E-state index contributed by atoms with van der Waals surface area (Å²) in [6, 6.07) is 5.60. The van der Waals surface area contributed by atoms with Crippen LogP contribution in [0.1, 0.15) is 46.9 Å². The third kappa shape index (κ3) is 3.91. The number of nitrogens with one attached hydrogen (secondary N) is 1. The second kappa shape index (κ2) is 8.52. The van der Waals surface area contributed by atoms with Crippen LogP contribution in [-0.4, -0.2) is 72.3 Å². The number of fused-ring (bicyclic) bond motifs is 1. The number of likely N-dealkylation sites (tertiary alicyclic amines) is 1. The van der Waals surface area contributed by atoms with Crippen molar-refractivity contribution in [2.45, 2.75) is 38.3 Å². The Morgan fingerprint density at radius 2 is 1.71 bits per heavy atom. The molecule has 8 nitrogen and oxygen atoms in total. The molecule has 0 saturated carbocycles. The first-order valence-corrected chi connectivity index (χ1v) is 9.48. The number of amides is 4. The lowest BCUT2D eigenvalue weighted by Crippen LogP contribution is -2.53. The molecular formula is C20H25N3O5. The molecule has 3 rings (SSSR count). The molecule has 1 atom stereocenters. The zero-order chi connectivity index (χ0) is 20.3. The third-order valence-electron chi connectivity index (χ3n) is 5.31. The van der Waals surface area contributed by atoms with E-state index in [0.29, 0.717) is 50.1 Å². The van der Waals surface area contributed by atoms with E-state index in [9.17, 15) is 19.2 Å². The second-order valence-corrected chi connectivity index (χ2v) is 7.11. The quantitative estimate of drug-likeness (QED) is 0.729. The fourth-order valence-corrected chi connectivity index (χ4v) is 3.62. The van der Waals surface area contributed by atoms with E-state index < -0.39 is 17.9 Å². The van der Waals surface area contributed by atoms with Gasteiger partial charge in [0.2, 0.25) is 11.8 Å². The molecule has 2 heterocycles. The van der Waals surface area contributed by atoms with Gasteiger partial charge in [-0.05, 0) is 31.9 Å². The number of rotatable bonds is 6. The number of ether oxygens (including phenoxy) is 1. The van der Waals surface area contributed by atoms with Crippen LogP contribution < -0.4 is 5.32 Å². The molecule has 0 radical (unpaired) electrons. The van der Waals surface area contributed by atoms with Crippen LogP contribution in [0.4, 0.5) is 0 Å². The highest BCUT2D eigenvalue weighted by Crippen LogP contribution is 2.24.